The predicted molar refractivity (Wildman–Crippen MR) is 59.2 cm³/mol. The Morgan fingerprint density at radius 2 is 2.07 bits per heavy atom. The van der Waals surface area contributed by atoms with Crippen LogP contribution in [0.25, 0.3) is 0 Å². The molecule has 1 aliphatic carbocycles. The van der Waals surface area contributed by atoms with Crippen LogP contribution in [0.2, 0.25) is 5.02 Å². The van der Waals surface area contributed by atoms with E-state index in [1.54, 1.807) is 0 Å². The van der Waals surface area contributed by atoms with Crippen molar-refractivity contribution >= 4 is 11.6 Å². The maximum absolute atomic E-state index is 5.95. The Labute approximate surface area is 90.0 Å². The second-order valence-electron chi connectivity index (χ2n) is 4.15. The van der Waals surface area contributed by atoms with Gasteiger partial charge in [-0.15, -0.1) is 0 Å². The lowest BCUT2D eigenvalue weighted by atomic mass is 10.0. The number of hydrogen-bond acceptors (Lipinski definition) is 1. The fraction of sp³-hybridized carbons (Fsp3) is 0.500. The highest BCUT2D eigenvalue weighted by Crippen LogP contribution is 2.34. The Balaban J connectivity index is 2.27. The highest BCUT2D eigenvalue weighted by Gasteiger charge is 2.24. The SMILES string of the molecule is CC(C)c1ccc(Cl)cc1OC1CC1. The van der Waals surface area contributed by atoms with E-state index >= 15 is 0 Å². The van der Waals surface area contributed by atoms with Gasteiger partial charge in [-0.1, -0.05) is 31.5 Å². The van der Waals surface area contributed by atoms with Crippen LogP contribution in [0.1, 0.15) is 38.2 Å². The topological polar surface area (TPSA) is 9.23 Å². The van der Waals surface area contributed by atoms with Gasteiger partial charge in [-0.2, -0.15) is 0 Å². The second kappa shape index (κ2) is 3.82. The smallest absolute Gasteiger partial charge is 0.124 e. The van der Waals surface area contributed by atoms with Gasteiger partial charge in [0, 0.05) is 5.02 Å². The molecule has 1 aromatic rings. The first-order valence-electron chi connectivity index (χ1n) is 5.13. The normalized spacial score (nSPS) is 16.0. The summed E-state index contributed by atoms with van der Waals surface area (Å²) >= 11 is 5.95. The molecule has 0 unspecified atom stereocenters. The van der Waals surface area contributed by atoms with E-state index < -0.39 is 0 Å². The molecule has 0 radical (unpaired) electrons. The molecule has 2 rings (SSSR count). The van der Waals surface area contributed by atoms with Crippen molar-refractivity contribution in [2.24, 2.45) is 0 Å². The number of benzene rings is 1. The third-order valence-electron chi connectivity index (χ3n) is 2.42. The van der Waals surface area contributed by atoms with Crippen molar-refractivity contribution < 1.29 is 4.74 Å². The highest BCUT2D eigenvalue weighted by atomic mass is 35.5. The van der Waals surface area contributed by atoms with E-state index in [2.05, 4.69) is 19.9 Å². The van der Waals surface area contributed by atoms with Crippen molar-refractivity contribution in [3.63, 3.8) is 0 Å². The van der Waals surface area contributed by atoms with Crippen LogP contribution in [0.3, 0.4) is 0 Å². The minimum atomic E-state index is 0.436. The molecule has 1 nitrogen and oxygen atoms in total. The average Bonchev–Trinajstić information content (AvgIpc) is 2.87. The molecule has 0 amide bonds. The van der Waals surface area contributed by atoms with Crippen LogP contribution in [0.5, 0.6) is 5.75 Å². The fourth-order valence-corrected chi connectivity index (χ4v) is 1.61. The molecule has 0 spiro atoms. The Hall–Kier alpha value is -0.690. The van der Waals surface area contributed by atoms with E-state index in [4.69, 9.17) is 16.3 Å². The maximum Gasteiger partial charge on any atom is 0.124 e. The van der Waals surface area contributed by atoms with E-state index in [1.807, 2.05) is 12.1 Å². The van der Waals surface area contributed by atoms with Crippen LogP contribution in [-0.2, 0) is 0 Å². The molecule has 1 saturated carbocycles. The zero-order valence-corrected chi connectivity index (χ0v) is 9.34. The summed E-state index contributed by atoms with van der Waals surface area (Å²) in [5.41, 5.74) is 1.25. The molecule has 2 heteroatoms. The van der Waals surface area contributed by atoms with Gasteiger partial charge in [-0.05, 0) is 36.5 Å². The molecule has 14 heavy (non-hydrogen) atoms. The number of hydrogen-bond donors (Lipinski definition) is 0. The van der Waals surface area contributed by atoms with Gasteiger partial charge in [0.15, 0.2) is 0 Å². The largest absolute Gasteiger partial charge is 0.490 e. The molecular formula is C12H15ClO. The van der Waals surface area contributed by atoms with Crippen molar-refractivity contribution in [2.75, 3.05) is 0 Å². The molecular weight excluding hydrogens is 196 g/mol. The Morgan fingerprint density at radius 1 is 1.36 bits per heavy atom. The summed E-state index contributed by atoms with van der Waals surface area (Å²) in [4.78, 5) is 0. The quantitative estimate of drug-likeness (QED) is 0.733. The Kier molecular flexibility index (Phi) is 2.69. The zero-order valence-electron chi connectivity index (χ0n) is 8.59. The second-order valence-corrected chi connectivity index (χ2v) is 4.59. The van der Waals surface area contributed by atoms with Crippen molar-refractivity contribution in [1.82, 2.24) is 0 Å². The van der Waals surface area contributed by atoms with E-state index in [1.165, 1.54) is 18.4 Å². The first kappa shape index (κ1) is 9.85. The molecule has 0 atom stereocenters. The lowest BCUT2D eigenvalue weighted by Gasteiger charge is -2.13. The van der Waals surface area contributed by atoms with Gasteiger partial charge >= 0.3 is 0 Å². The maximum atomic E-state index is 5.95. The average molecular weight is 211 g/mol. The summed E-state index contributed by atoms with van der Waals surface area (Å²) in [6.07, 6.45) is 2.81. The minimum absolute atomic E-state index is 0.436. The lowest BCUT2D eigenvalue weighted by Crippen LogP contribution is -2.00. The van der Waals surface area contributed by atoms with Gasteiger partial charge in [0.05, 0.1) is 6.10 Å². The molecule has 1 fully saturated rings. The highest BCUT2D eigenvalue weighted by molar-refractivity contribution is 6.30. The molecule has 0 bridgehead atoms. The number of halogens is 1. The van der Waals surface area contributed by atoms with Crippen LogP contribution in [-0.4, -0.2) is 6.10 Å². The third kappa shape index (κ3) is 2.21. The summed E-state index contributed by atoms with van der Waals surface area (Å²) in [7, 11) is 0. The number of ether oxygens (including phenoxy) is 1. The van der Waals surface area contributed by atoms with Gasteiger partial charge in [0.2, 0.25) is 0 Å². The Bertz CT molecular complexity index is 329. The molecule has 0 aromatic heterocycles. The zero-order chi connectivity index (χ0) is 10.1. The standard InChI is InChI=1S/C12H15ClO/c1-8(2)11-6-3-9(13)7-12(11)14-10-4-5-10/h3,6-8,10H,4-5H2,1-2H3. The van der Waals surface area contributed by atoms with Crippen LogP contribution in [0.15, 0.2) is 18.2 Å². The van der Waals surface area contributed by atoms with Gasteiger partial charge in [0.25, 0.3) is 0 Å². The molecule has 0 aliphatic heterocycles. The summed E-state index contributed by atoms with van der Waals surface area (Å²) in [5, 5.41) is 0.755. The van der Waals surface area contributed by atoms with Gasteiger partial charge in [-0.25, -0.2) is 0 Å². The van der Waals surface area contributed by atoms with Crippen molar-refractivity contribution in [1.29, 1.82) is 0 Å². The summed E-state index contributed by atoms with van der Waals surface area (Å²) < 4.78 is 5.81. The van der Waals surface area contributed by atoms with Crippen molar-refractivity contribution in [3.8, 4) is 5.75 Å². The van der Waals surface area contributed by atoms with E-state index in [0.717, 1.165) is 10.8 Å². The number of rotatable bonds is 3. The molecule has 1 aliphatic rings. The Morgan fingerprint density at radius 3 is 2.64 bits per heavy atom. The summed E-state index contributed by atoms with van der Waals surface area (Å²) in [5.74, 6) is 1.45. The third-order valence-corrected chi connectivity index (χ3v) is 2.65. The van der Waals surface area contributed by atoms with Crippen LogP contribution in [0.4, 0.5) is 0 Å². The summed E-state index contributed by atoms with van der Waals surface area (Å²) in [6.45, 7) is 4.34. The molecule has 0 N–H and O–H groups in total. The molecule has 1 aromatic carbocycles. The minimum Gasteiger partial charge on any atom is -0.490 e. The van der Waals surface area contributed by atoms with E-state index in [0.29, 0.717) is 12.0 Å². The summed E-state index contributed by atoms with van der Waals surface area (Å²) in [6, 6.07) is 5.91. The molecule has 76 valence electrons. The van der Waals surface area contributed by atoms with Crippen LogP contribution in [0, 0.1) is 0 Å². The predicted octanol–water partition coefficient (Wildman–Crippen LogP) is 4.00. The monoisotopic (exact) mass is 210 g/mol. The first-order chi connectivity index (χ1) is 6.66. The van der Waals surface area contributed by atoms with Crippen LogP contribution < -0.4 is 4.74 Å². The van der Waals surface area contributed by atoms with Gasteiger partial charge in [0.1, 0.15) is 5.75 Å². The van der Waals surface area contributed by atoms with Gasteiger partial charge in [-0.3, -0.25) is 0 Å². The lowest BCUT2D eigenvalue weighted by molar-refractivity contribution is 0.299. The van der Waals surface area contributed by atoms with E-state index in [-0.39, 0.29) is 0 Å². The van der Waals surface area contributed by atoms with Crippen molar-refractivity contribution in [2.45, 2.75) is 38.7 Å². The van der Waals surface area contributed by atoms with Gasteiger partial charge < -0.3 is 4.74 Å². The molecule has 0 heterocycles. The van der Waals surface area contributed by atoms with Crippen molar-refractivity contribution in [3.05, 3.63) is 28.8 Å². The van der Waals surface area contributed by atoms with Crippen LogP contribution >= 0.6 is 11.6 Å². The molecule has 0 saturated heterocycles. The fourth-order valence-electron chi connectivity index (χ4n) is 1.45. The van der Waals surface area contributed by atoms with E-state index in [9.17, 15) is 0 Å². The first-order valence-corrected chi connectivity index (χ1v) is 5.50.